The Bertz CT molecular complexity index is 1070. The molecule has 0 heterocycles. The van der Waals surface area contributed by atoms with Gasteiger partial charge in [0, 0.05) is 20.0 Å². The fourth-order valence-corrected chi connectivity index (χ4v) is 3.59. The van der Waals surface area contributed by atoms with Crippen LogP contribution in [0, 0.1) is 0 Å². The van der Waals surface area contributed by atoms with Gasteiger partial charge in [0.25, 0.3) is 5.91 Å². The van der Waals surface area contributed by atoms with Crippen LogP contribution in [0.4, 0.5) is 0 Å². The summed E-state index contributed by atoms with van der Waals surface area (Å²) in [4.78, 5) is 27.9. The van der Waals surface area contributed by atoms with Crippen molar-refractivity contribution in [3.8, 4) is 17.2 Å². The Balaban J connectivity index is 1.86. The second-order valence-corrected chi connectivity index (χ2v) is 7.66. The Labute approximate surface area is 200 Å². The molecule has 0 unspecified atom stereocenters. The first-order valence-corrected chi connectivity index (χ1v) is 11.0. The van der Waals surface area contributed by atoms with E-state index in [0.29, 0.717) is 23.7 Å². The third-order valence-corrected chi connectivity index (χ3v) is 5.43. The quantitative estimate of drug-likeness (QED) is 0.472. The normalized spacial score (nSPS) is 11.3. The van der Waals surface area contributed by atoms with E-state index in [2.05, 4.69) is 5.32 Å². The van der Waals surface area contributed by atoms with Crippen LogP contribution in [0.3, 0.4) is 0 Å². The lowest BCUT2D eigenvalue weighted by Gasteiger charge is -2.31. The molecule has 3 aromatic rings. The molecule has 0 fully saturated rings. The van der Waals surface area contributed by atoms with Gasteiger partial charge in [-0.2, -0.15) is 0 Å². The van der Waals surface area contributed by atoms with Crippen LogP contribution in [0.1, 0.15) is 11.1 Å². The standard InChI is InChI=1S/C27H30N2O5/c1-28-27(31)25(17-20-8-5-4-6-9-20)29(18-21-10-7-11-24(16-21)33-3)26(30)19-34-23-14-12-22(32-2)13-15-23/h4-16,25H,17-19H2,1-3H3,(H,28,31)/t25-/m0/s1. The summed E-state index contributed by atoms with van der Waals surface area (Å²) < 4.78 is 16.2. The molecule has 3 aromatic carbocycles. The van der Waals surface area contributed by atoms with Crippen molar-refractivity contribution in [1.29, 1.82) is 0 Å². The van der Waals surface area contributed by atoms with E-state index >= 15 is 0 Å². The van der Waals surface area contributed by atoms with Crippen LogP contribution in [0.5, 0.6) is 17.2 Å². The van der Waals surface area contributed by atoms with E-state index in [1.54, 1.807) is 50.4 Å². The number of amides is 2. The predicted octanol–water partition coefficient (Wildman–Crippen LogP) is 3.47. The molecule has 1 N–H and O–H groups in total. The molecule has 0 aliphatic rings. The van der Waals surface area contributed by atoms with E-state index < -0.39 is 6.04 Å². The highest BCUT2D eigenvalue weighted by Gasteiger charge is 2.30. The maximum absolute atomic E-state index is 13.4. The Morgan fingerprint density at radius 1 is 0.824 bits per heavy atom. The van der Waals surface area contributed by atoms with Gasteiger partial charge in [0.1, 0.15) is 23.3 Å². The first-order valence-electron chi connectivity index (χ1n) is 11.0. The average Bonchev–Trinajstić information content (AvgIpc) is 2.89. The van der Waals surface area contributed by atoms with E-state index in [4.69, 9.17) is 14.2 Å². The fraction of sp³-hybridized carbons (Fsp3) is 0.259. The number of rotatable bonds is 11. The van der Waals surface area contributed by atoms with Gasteiger partial charge in [0.15, 0.2) is 6.61 Å². The van der Waals surface area contributed by atoms with E-state index in [0.717, 1.165) is 11.1 Å². The van der Waals surface area contributed by atoms with Gasteiger partial charge in [-0.25, -0.2) is 0 Å². The van der Waals surface area contributed by atoms with Crippen LogP contribution < -0.4 is 19.5 Å². The van der Waals surface area contributed by atoms with Crippen molar-refractivity contribution in [1.82, 2.24) is 10.2 Å². The van der Waals surface area contributed by atoms with Crippen LogP contribution in [0.2, 0.25) is 0 Å². The maximum atomic E-state index is 13.4. The lowest BCUT2D eigenvalue weighted by Crippen LogP contribution is -2.51. The van der Waals surface area contributed by atoms with Crippen LogP contribution in [-0.4, -0.2) is 50.6 Å². The molecule has 7 nitrogen and oxygen atoms in total. The lowest BCUT2D eigenvalue weighted by atomic mass is 10.0. The molecule has 0 radical (unpaired) electrons. The monoisotopic (exact) mass is 462 g/mol. The van der Waals surface area contributed by atoms with Gasteiger partial charge in [-0.15, -0.1) is 0 Å². The molecule has 1 atom stereocenters. The molecule has 0 spiro atoms. The van der Waals surface area contributed by atoms with Crippen molar-refractivity contribution in [3.05, 3.63) is 90.0 Å². The van der Waals surface area contributed by atoms with Crippen molar-refractivity contribution in [3.63, 3.8) is 0 Å². The summed E-state index contributed by atoms with van der Waals surface area (Å²) >= 11 is 0. The summed E-state index contributed by atoms with van der Waals surface area (Å²) in [7, 11) is 4.75. The van der Waals surface area contributed by atoms with Gasteiger partial charge in [-0.1, -0.05) is 42.5 Å². The molecular weight excluding hydrogens is 432 g/mol. The van der Waals surface area contributed by atoms with E-state index in [-0.39, 0.29) is 25.0 Å². The SMILES string of the molecule is CNC(=O)[C@H](Cc1ccccc1)N(Cc1cccc(OC)c1)C(=O)COc1ccc(OC)cc1. The molecule has 0 aromatic heterocycles. The van der Waals surface area contributed by atoms with Crippen molar-refractivity contribution in [2.45, 2.75) is 19.0 Å². The number of hydrogen-bond donors (Lipinski definition) is 1. The average molecular weight is 463 g/mol. The highest BCUT2D eigenvalue weighted by molar-refractivity contribution is 5.88. The molecule has 34 heavy (non-hydrogen) atoms. The number of benzene rings is 3. The van der Waals surface area contributed by atoms with Crippen molar-refractivity contribution < 1.29 is 23.8 Å². The zero-order chi connectivity index (χ0) is 24.3. The van der Waals surface area contributed by atoms with Gasteiger partial charge < -0.3 is 24.4 Å². The molecule has 7 heteroatoms. The van der Waals surface area contributed by atoms with Crippen molar-refractivity contribution in [2.75, 3.05) is 27.9 Å². The van der Waals surface area contributed by atoms with Crippen LogP contribution in [-0.2, 0) is 22.6 Å². The molecule has 0 bridgehead atoms. The number of nitrogens with zero attached hydrogens (tertiary/aromatic N) is 1. The molecule has 178 valence electrons. The Morgan fingerprint density at radius 3 is 2.12 bits per heavy atom. The summed E-state index contributed by atoms with van der Waals surface area (Å²) in [5.74, 6) is 1.36. The van der Waals surface area contributed by atoms with Crippen LogP contribution >= 0.6 is 0 Å². The molecule has 0 saturated carbocycles. The van der Waals surface area contributed by atoms with Crippen molar-refractivity contribution >= 4 is 11.8 Å². The third kappa shape index (κ3) is 6.75. The van der Waals surface area contributed by atoms with E-state index in [1.165, 1.54) is 0 Å². The number of methoxy groups -OCH3 is 2. The Morgan fingerprint density at radius 2 is 1.47 bits per heavy atom. The number of carbonyl (C=O) groups is 2. The number of nitrogens with one attached hydrogen (secondary N) is 1. The largest absolute Gasteiger partial charge is 0.497 e. The van der Waals surface area contributed by atoms with Crippen LogP contribution in [0.25, 0.3) is 0 Å². The smallest absolute Gasteiger partial charge is 0.261 e. The first-order chi connectivity index (χ1) is 16.5. The molecule has 2 amide bonds. The lowest BCUT2D eigenvalue weighted by molar-refractivity contribution is -0.142. The first kappa shape index (κ1) is 24.6. The number of hydrogen-bond acceptors (Lipinski definition) is 5. The summed E-state index contributed by atoms with van der Waals surface area (Å²) in [6, 6.07) is 23.4. The highest BCUT2D eigenvalue weighted by atomic mass is 16.5. The minimum absolute atomic E-state index is 0.210. The zero-order valence-corrected chi connectivity index (χ0v) is 19.7. The predicted molar refractivity (Wildman–Crippen MR) is 130 cm³/mol. The summed E-state index contributed by atoms with van der Waals surface area (Å²) in [5.41, 5.74) is 1.80. The highest BCUT2D eigenvalue weighted by Crippen LogP contribution is 2.20. The molecule has 3 rings (SSSR count). The number of ether oxygens (including phenoxy) is 3. The van der Waals surface area contributed by atoms with Crippen molar-refractivity contribution in [2.24, 2.45) is 0 Å². The third-order valence-electron chi connectivity index (χ3n) is 5.43. The van der Waals surface area contributed by atoms with E-state index in [9.17, 15) is 9.59 Å². The molecular formula is C27H30N2O5. The van der Waals surface area contributed by atoms with Gasteiger partial charge in [0.05, 0.1) is 14.2 Å². The Kier molecular flexibility index (Phi) is 8.91. The van der Waals surface area contributed by atoms with Gasteiger partial charge >= 0.3 is 0 Å². The minimum atomic E-state index is -0.717. The second kappa shape index (κ2) is 12.3. The Hall–Kier alpha value is -4.00. The zero-order valence-electron chi connectivity index (χ0n) is 19.7. The summed E-state index contributed by atoms with van der Waals surface area (Å²) in [6.07, 6.45) is 0.374. The molecule has 0 aliphatic heterocycles. The maximum Gasteiger partial charge on any atom is 0.261 e. The van der Waals surface area contributed by atoms with E-state index in [1.807, 2.05) is 54.6 Å². The van der Waals surface area contributed by atoms with Gasteiger partial charge in [-0.3, -0.25) is 9.59 Å². The van der Waals surface area contributed by atoms with Crippen LogP contribution in [0.15, 0.2) is 78.9 Å². The number of likely N-dealkylation sites (N-methyl/N-ethyl adjacent to an activating group) is 1. The molecule has 0 aliphatic carbocycles. The minimum Gasteiger partial charge on any atom is -0.497 e. The van der Waals surface area contributed by atoms with Gasteiger partial charge in [0.2, 0.25) is 5.91 Å². The second-order valence-electron chi connectivity index (χ2n) is 7.66. The fourth-order valence-electron chi connectivity index (χ4n) is 3.59. The molecule has 0 saturated heterocycles. The topological polar surface area (TPSA) is 77.1 Å². The summed E-state index contributed by atoms with van der Waals surface area (Å²) in [6.45, 7) is 0.0194. The summed E-state index contributed by atoms with van der Waals surface area (Å²) in [5, 5.41) is 2.70. The van der Waals surface area contributed by atoms with Gasteiger partial charge in [-0.05, 0) is 47.5 Å². The number of carbonyl (C=O) groups excluding carboxylic acids is 2.